The lowest BCUT2D eigenvalue weighted by atomic mass is 9.97. The van der Waals surface area contributed by atoms with Crippen LogP contribution in [-0.4, -0.2) is 22.9 Å². The Bertz CT molecular complexity index is 679. The van der Waals surface area contributed by atoms with Crippen LogP contribution < -0.4 is 5.32 Å². The van der Waals surface area contributed by atoms with Gasteiger partial charge in [0, 0.05) is 6.54 Å². The highest BCUT2D eigenvalue weighted by molar-refractivity contribution is 5.88. The van der Waals surface area contributed by atoms with Crippen LogP contribution in [0.25, 0.3) is 11.1 Å². The van der Waals surface area contributed by atoms with Crippen molar-refractivity contribution in [2.45, 2.75) is 32.5 Å². The van der Waals surface area contributed by atoms with Crippen LogP contribution in [0.15, 0.2) is 54.6 Å². The molecule has 0 aliphatic carbocycles. The Morgan fingerprint density at radius 3 is 2.36 bits per heavy atom. The van der Waals surface area contributed by atoms with Crippen LogP contribution >= 0.6 is 0 Å². The Hall–Kier alpha value is -2.13. The highest BCUT2D eigenvalue weighted by atomic mass is 16.2. The van der Waals surface area contributed by atoms with Crippen LogP contribution in [-0.2, 0) is 4.79 Å². The van der Waals surface area contributed by atoms with Crippen LogP contribution in [0.4, 0.5) is 0 Å². The predicted molar refractivity (Wildman–Crippen MR) is 89.2 cm³/mol. The molecule has 114 valence electrons. The first kappa shape index (κ1) is 14.8. The van der Waals surface area contributed by atoms with Crippen LogP contribution in [0.1, 0.15) is 32.5 Å². The van der Waals surface area contributed by atoms with Crippen molar-refractivity contribution in [2.24, 2.45) is 0 Å². The van der Waals surface area contributed by atoms with Crippen molar-refractivity contribution >= 4 is 5.91 Å². The Kier molecular flexibility index (Phi) is 3.75. The van der Waals surface area contributed by atoms with Crippen molar-refractivity contribution in [3.05, 3.63) is 60.2 Å². The number of hydrogen-bond acceptors (Lipinski definition) is 2. The zero-order valence-electron chi connectivity index (χ0n) is 13.3. The van der Waals surface area contributed by atoms with Crippen molar-refractivity contribution < 1.29 is 4.79 Å². The number of likely N-dealkylation sites (N-methyl/N-ethyl adjacent to an activating group) is 1. The molecule has 2 aromatic rings. The molecule has 1 fully saturated rings. The third-order valence-corrected chi connectivity index (χ3v) is 4.29. The lowest BCUT2D eigenvalue weighted by Crippen LogP contribution is -2.40. The summed E-state index contributed by atoms with van der Waals surface area (Å²) in [6, 6.07) is 18.6. The molecule has 1 N–H and O–H groups in total. The minimum absolute atomic E-state index is 0.0797. The molecule has 1 aliphatic rings. The molecule has 1 atom stereocenters. The number of carbonyl (C=O) groups is 1. The first-order valence-corrected chi connectivity index (χ1v) is 7.77. The van der Waals surface area contributed by atoms with Crippen molar-refractivity contribution in [3.8, 4) is 11.1 Å². The predicted octanol–water partition coefficient (Wildman–Crippen LogP) is 3.58. The van der Waals surface area contributed by atoms with E-state index in [9.17, 15) is 4.79 Å². The van der Waals surface area contributed by atoms with E-state index in [1.165, 1.54) is 11.1 Å². The second-order valence-corrected chi connectivity index (χ2v) is 6.22. The molecule has 1 saturated heterocycles. The van der Waals surface area contributed by atoms with Gasteiger partial charge in [0.15, 0.2) is 0 Å². The van der Waals surface area contributed by atoms with Gasteiger partial charge in [0.25, 0.3) is 0 Å². The standard InChI is InChI=1S/C19H22N2O/c1-4-21-17(20-19(2,3)18(21)22)16-13-9-8-12-15(16)14-10-6-5-7-11-14/h5-13,17,20H,4H2,1-3H3. The molecule has 1 unspecified atom stereocenters. The molecule has 0 bridgehead atoms. The Morgan fingerprint density at radius 1 is 1.05 bits per heavy atom. The molecule has 0 saturated carbocycles. The van der Waals surface area contributed by atoms with E-state index < -0.39 is 5.54 Å². The number of amides is 1. The zero-order chi connectivity index (χ0) is 15.7. The number of nitrogens with one attached hydrogen (secondary N) is 1. The summed E-state index contributed by atoms with van der Waals surface area (Å²) in [4.78, 5) is 14.5. The molecule has 3 nitrogen and oxygen atoms in total. The summed E-state index contributed by atoms with van der Waals surface area (Å²) in [6.07, 6.45) is -0.0797. The molecular weight excluding hydrogens is 272 g/mol. The minimum atomic E-state index is -0.523. The van der Waals surface area contributed by atoms with Gasteiger partial charge in [0.2, 0.25) is 5.91 Å². The number of hydrogen-bond donors (Lipinski definition) is 1. The summed E-state index contributed by atoms with van der Waals surface area (Å²) >= 11 is 0. The molecule has 1 amide bonds. The van der Waals surface area contributed by atoms with E-state index in [0.29, 0.717) is 6.54 Å². The second-order valence-electron chi connectivity index (χ2n) is 6.22. The first-order chi connectivity index (χ1) is 10.5. The summed E-state index contributed by atoms with van der Waals surface area (Å²) in [5.74, 6) is 0.155. The van der Waals surface area contributed by atoms with Crippen molar-refractivity contribution in [1.82, 2.24) is 10.2 Å². The van der Waals surface area contributed by atoms with Crippen LogP contribution in [0, 0.1) is 0 Å². The van der Waals surface area contributed by atoms with Gasteiger partial charge in [0.05, 0.1) is 5.54 Å². The molecule has 0 spiro atoms. The lowest BCUT2D eigenvalue weighted by molar-refractivity contribution is -0.132. The summed E-state index contributed by atoms with van der Waals surface area (Å²) in [7, 11) is 0. The molecule has 22 heavy (non-hydrogen) atoms. The van der Waals surface area contributed by atoms with Crippen molar-refractivity contribution in [1.29, 1.82) is 0 Å². The smallest absolute Gasteiger partial charge is 0.243 e. The molecule has 1 heterocycles. The van der Waals surface area contributed by atoms with Crippen molar-refractivity contribution in [3.63, 3.8) is 0 Å². The van der Waals surface area contributed by atoms with Gasteiger partial charge in [-0.2, -0.15) is 0 Å². The van der Waals surface area contributed by atoms with Gasteiger partial charge in [-0.1, -0.05) is 54.6 Å². The van der Waals surface area contributed by atoms with E-state index in [4.69, 9.17) is 0 Å². The monoisotopic (exact) mass is 294 g/mol. The van der Waals surface area contributed by atoms with E-state index in [1.54, 1.807) is 0 Å². The van der Waals surface area contributed by atoms with Gasteiger partial charge >= 0.3 is 0 Å². The SMILES string of the molecule is CCN1C(=O)C(C)(C)NC1c1ccccc1-c1ccccc1. The lowest BCUT2D eigenvalue weighted by Gasteiger charge is -2.25. The first-order valence-electron chi connectivity index (χ1n) is 7.77. The maximum absolute atomic E-state index is 12.6. The Balaban J connectivity index is 2.08. The topological polar surface area (TPSA) is 32.3 Å². The van der Waals surface area contributed by atoms with E-state index in [0.717, 1.165) is 5.56 Å². The van der Waals surface area contributed by atoms with Crippen molar-refractivity contribution in [2.75, 3.05) is 6.54 Å². The number of rotatable bonds is 3. The third kappa shape index (κ3) is 2.42. The fraction of sp³-hybridized carbons (Fsp3) is 0.316. The average Bonchev–Trinajstić information content (AvgIpc) is 2.78. The Morgan fingerprint density at radius 2 is 1.68 bits per heavy atom. The number of carbonyl (C=O) groups excluding carboxylic acids is 1. The fourth-order valence-corrected chi connectivity index (χ4v) is 3.15. The van der Waals surface area contributed by atoms with Gasteiger partial charge in [-0.05, 0) is 37.5 Å². The van der Waals surface area contributed by atoms with Gasteiger partial charge in [0.1, 0.15) is 6.17 Å². The molecule has 1 aliphatic heterocycles. The summed E-state index contributed by atoms with van der Waals surface area (Å²) < 4.78 is 0. The van der Waals surface area contributed by atoms with Gasteiger partial charge in [-0.25, -0.2) is 0 Å². The quantitative estimate of drug-likeness (QED) is 0.938. The van der Waals surface area contributed by atoms with Crippen LogP contribution in [0.5, 0.6) is 0 Å². The molecule has 3 rings (SSSR count). The maximum atomic E-state index is 12.6. The average molecular weight is 294 g/mol. The van der Waals surface area contributed by atoms with Crippen LogP contribution in [0.3, 0.4) is 0 Å². The minimum Gasteiger partial charge on any atom is -0.322 e. The molecule has 3 heteroatoms. The van der Waals surface area contributed by atoms with E-state index >= 15 is 0 Å². The van der Waals surface area contributed by atoms with Gasteiger partial charge in [-0.15, -0.1) is 0 Å². The highest BCUT2D eigenvalue weighted by Crippen LogP contribution is 2.35. The molecule has 0 radical (unpaired) electrons. The largest absolute Gasteiger partial charge is 0.322 e. The molecular formula is C19H22N2O. The van der Waals surface area contributed by atoms with Gasteiger partial charge in [-0.3, -0.25) is 10.1 Å². The summed E-state index contributed by atoms with van der Waals surface area (Å²) in [5.41, 5.74) is 2.97. The van der Waals surface area contributed by atoms with E-state index in [1.807, 2.05) is 56.0 Å². The summed E-state index contributed by atoms with van der Waals surface area (Å²) in [6.45, 7) is 6.62. The van der Waals surface area contributed by atoms with Crippen LogP contribution in [0.2, 0.25) is 0 Å². The maximum Gasteiger partial charge on any atom is 0.243 e. The highest BCUT2D eigenvalue weighted by Gasteiger charge is 2.44. The Labute approximate surface area is 132 Å². The molecule has 0 aromatic heterocycles. The fourth-order valence-electron chi connectivity index (χ4n) is 3.15. The molecule has 2 aromatic carbocycles. The van der Waals surface area contributed by atoms with Gasteiger partial charge < -0.3 is 4.90 Å². The normalized spacial score (nSPS) is 20.4. The zero-order valence-corrected chi connectivity index (χ0v) is 13.3. The summed E-state index contributed by atoms with van der Waals surface area (Å²) in [5, 5.41) is 3.48. The van der Waals surface area contributed by atoms with E-state index in [2.05, 4.69) is 29.6 Å². The second kappa shape index (κ2) is 5.58. The number of nitrogens with zero attached hydrogens (tertiary/aromatic N) is 1. The number of benzene rings is 2. The van der Waals surface area contributed by atoms with E-state index in [-0.39, 0.29) is 12.1 Å². The third-order valence-electron chi connectivity index (χ3n) is 4.29.